The van der Waals surface area contributed by atoms with Crippen LogP contribution in [0.3, 0.4) is 0 Å². The quantitative estimate of drug-likeness (QED) is 0.0355. The van der Waals surface area contributed by atoms with Crippen molar-refractivity contribution in [1.82, 2.24) is 99.7 Å². The van der Waals surface area contributed by atoms with E-state index in [4.69, 9.17) is 44.9 Å². The minimum atomic E-state index is -0.272. The second-order valence-corrected chi connectivity index (χ2v) is 33.0. The van der Waals surface area contributed by atoms with Crippen molar-refractivity contribution in [2.24, 2.45) is 0 Å². The molecule has 15 aromatic rings. The molecule has 10 heterocycles. The Morgan fingerprint density at radius 3 is 0.902 bits per heavy atom. The monoisotopic (exact) mass is 1630 g/mol. The molecular weight excluding hydrogens is 1520 g/mol. The van der Waals surface area contributed by atoms with Gasteiger partial charge in [0.2, 0.25) is 11.6 Å². The van der Waals surface area contributed by atoms with E-state index in [1.54, 1.807) is 49.3 Å². The Bertz CT molecular complexity index is 5300. The second-order valence-electron chi connectivity index (χ2n) is 33.0. The molecule has 0 unspecified atom stereocenters. The van der Waals surface area contributed by atoms with E-state index in [9.17, 15) is 4.39 Å². The predicted octanol–water partition coefficient (Wildman–Crippen LogP) is 24.2. The Hall–Kier alpha value is -13.2. The van der Waals surface area contributed by atoms with Crippen LogP contribution in [0.2, 0.25) is 0 Å². The van der Waals surface area contributed by atoms with Gasteiger partial charge in [0.25, 0.3) is 0 Å². The molecule has 0 aliphatic heterocycles. The van der Waals surface area contributed by atoms with Gasteiger partial charge in [-0.15, -0.1) is 0 Å². The van der Waals surface area contributed by atoms with Gasteiger partial charge in [-0.3, -0.25) is 19.9 Å². The van der Waals surface area contributed by atoms with Crippen LogP contribution in [0, 0.1) is 5.82 Å². The highest BCUT2D eigenvalue weighted by atomic mass is 19.1. The summed E-state index contributed by atoms with van der Waals surface area (Å²) in [6.07, 6.45) is 42.9. The first kappa shape index (κ1) is 87.6. The maximum Gasteiger partial charge on any atom is 0.201 e. The molecule has 123 heavy (non-hydrogen) atoms. The number of halogens is 1. The van der Waals surface area contributed by atoms with E-state index >= 15 is 0 Å². The molecule has 20 nitrogen and oxygen atoms in total. The molecule has 624 valence electrons. The third-order valence-corrected chi connectivity index (χ3v) is 21.2. The molecule has 0 bridgehead atoms. The molecular formula is C102H109FN20. The average molecular weight is 1630 g/mol. The number of hydrogen-bond acceptors (Lipinski definition) is 20. The molecule has 21 heteroatoms. The topological polar surface area (TPSA) is 258 Å². The summed E-state index contributed by atoms with van der Waals surface area (Å²) in [6.45, 7) is 22.1. The Balaban J connectivity index is 0.000000159. The summed E-state index contributed by atoms with van der Waals surface area (Å²) in [6, 6.07) is 55.1. The van der Waals surface area contributed by atoms with Gasteiger partial charge in [-0.05, 0) is 139 Å². The number of nitrogens with zero attached hydrogens (tertiary/aromatic N) is 20. The zero-order chi connectivity index (χ0) is 85.8. The van der Waals surface area contributed by atoms with E-state index in [1.165, 1.54) is 100 Å². The van der Waals surface area contributed by atoms with Gasteiger partial charge in [-0.1, -0.05) is 255 Å². The van der Waals surface area contributed by atoms with Gasteiger partial charge in [0, 0.05) is 113 Å². The van der Waals surface area contributed by atoms with Crippen molar-refractivity contribution in [2.75, 3.05) is 0 Å². The van der Waals surface area contributed by atoms with Gasteiger partial charge in [0.05, 0.1) is 34.5 Å². The molecule has 0 atom stereocenters. The first-order chi connectivity index (χ1) is 59.9. The summed E-state index contributed by atoms with van der Waals surface area (Å²) in [7, 11) is 0. The van der Waals surface area contributed by atoms with E-state index in [0.717, 1.165) is 141 Å². The van der Waals surface area contributed by atoms with Crippen LogP contribution in [-0.4, -0.2) is 99.7 Å². The Morgan fingerprint density at radius 1 is 0.220 bits per heavy atom. The molecule has 0 saturated heterocycles. The third-order valence-electron chi connectivity index (χ3n) is 21.2. The fraction of sp³-hybridized carbons (Fsp3) is 0.314. The van der Waals surface area contributed by atoms with Gasteiger partial charge in [0.15, 0.2) is 52.4 Å². The standard InChI is InChI=1S/C34H33FN4.2C34H38N8/c1-33(2,3)26-14-7-23(8-15-26)30-37-31(24-9-16-27(17-10-24)34(4,5)6)39-32(38-30)25-13-20-29(36-21-25)22-11-18-28(35)19-12-22;1-3-5-7-12-16-28-23-37-30(24-35-28)34-41-32(26-18-19-29(36-20-26)25-14-10-9-11-15-25)40-33(42-34)27-21-38-31(39-22-27)17-13-8-6-4-2;1-3-5-7-10-14-25-20-36-31(37-21-25)33-40-30(28-18-19-29(35-24-28)27-16-12-9-13-17-27)41-34(42-33)32-38-22-26(23-39-32)15-11-8-6-4-2/h7-21H,1-6H3;9-11,14-15,18-24H,3-8,12-13,16-17H2,1-2H3;9,12-13,16-24H,3-8,10-11,14-15H2,1-2H3. The normalized spacial score (nSPS) is 11.4. The van der Waals surface area contributed by atoms with Crippen LogP contribution in [-0.2, 0) is 36.5 Å². The van der Waals surface area contributed by atoms with Crippen molar-refractivity contribution in [3.63, 3.8) is 0 Å². The number of aryl methyl sites for hydroxylation is 4. The van der Waals surface area contributed by atoms with Gasteiger partial charge >= 0.3 is 0 Å². The van der Waals surface area contributed by atoms with Gasteiger partial charge in [-0.2, -0.15) is 0 Å². The lowest BCUT2D eigenvalue weighted by Gasteiger charge is -2.19. The molecule has 10 aromatic heterocycles. The summed E-state index contributed by atoms with van der Waals surface area (Å²) < 4.78 is 13.4. The Morgan fingerprint density at radius 2 is 0.537 bits per heavy atom. The fourth-order valence-electron chi connectivity index (χ4n) is 13.7. The number of rotatable bonds is 32. The molecule has 5 aromatic carbocycles. The highest BCUT2D eigenvalue weighted by molar-refractivity contribution is 5.71. The van der Waals surface area contributed by atoms with Crippen LogP contribution in [0.25, 0.3) is 137 Å². The van der Waals surface area contributed by atoms with Crippen LogP contribution in [0.1, 0.15) is 206 Å². The first-order valence-electron chi connectivity index (χ1n) is 43.4. The van der Waals surface area contributed by atoms with Gasteiger partial charge < -0.3 is 0 Å². The smallest absolute Gasteiger partial charge is 0.201 e. The number of unbranched alkanes of at least 4 members (excludes halogenated alkanes) is 12. The maximum absolute atomic E-state index is 13.4. The third kappa shape index (κ3) is 25.0. The molecule has 0 aliphatic carbocycles. The molecule has 0 saturated carbocycles. The number of hydrogen-bond donors (Lipinski definition) is 0. The predicted molar refractivity (Wildman–Crippen MR) is 489 cm³/mol. The van der Waals surface area contributed by atoms with Gasteiger partial charge in [-0.25, -0.2) is 84.1 Å². The lowest BCUT2D eigenvalue weighted by atomic mass is 9.86. The highest BCUT2D eigenvalue weighted by Crippen LogP contribution is 2.33. The lowest BCUT2D eigenvalue weighted by molar-refractivity contribution is 0.590. The van der Waals surface area contributed by atoms with E-state index in [1.807, 2.05) is 128 Å². The molecule has 0 aliphatic rings. The summed E-state index contributed by atoms with van der Waals surface area (Å²) in [5.41, 5.74) is 16.8. The van der Waals surface area contributed by atoms with Crippen molar-refractivity contribution < 1.29 is 4.39 Å². The summed E-state index contributed by atoms with van der Waals surface area (Å²) in [5.74, 6) is 5.91. The first-order valence-corrected chi connectivity index (χ1v) is 43.4. The fourth-order valence-corrected chi connectivity index (χ4v) is 13.7. The Labute approximate surface area is 722 Å². The van der Waals surface area contributed by atoms with Crippen LogP contribution in [0.4, 0.5) is 4.39 Å². The maximum atomic E-state index is 13.4. The van der Waals surface area contributed by atoms with Crippen molar-refractivity contribution >= 4 is 0 Å². The molecule has 15 rings (SSSR count). The van der Waals surface area contributed by atoms with Crippen LogP contribution in [0.5, 0.6) is 0 Å². The largest absolute Gasteiger partial charge is 0.257 e. The second kappa shape index (κ2) is 43.4. The lowest BCUT2D eigenvalue weighted by Crippen LogP contribution is -2.10. The average Bonchev–Trinajstić information content (AvgIpc) is 0.800. The van der Waals surface area contributed by atoms with E-state index in [2.05, 4.69) is 173 Å². The van der Waals surface area contributed by atoms with Crippen molar-refractivity contribution in [3.05, 3.63) is 278 Å². The number of pyridine rings is 3. The molecule has 0 N–H and O–H groups in total. The Kier molecular flexibility index (Phi) is 30.9. The van der Waals surface area contributed by atoms with Crippen molar-refractivity contribution in [3.8, 4) is 137 Å². The van der Waals surface area contributed by atoms with E-state index in [-0.39, 0.29) is 16.6 Å². The van der Waals surface area contributed by atoms with E-state index < -0.39 is 0 Å². The molecule has 0 amide bonds. The molecule has 0 fully saturated rings. The zero-order valence-corrected chi connectivity index (χ0v) is 72.5. The van der Waals surface area contributed by atoms with Crippen LogP contribution in [0.15, 0.2) is 238 Å². The minimum absolute atomic E-state index is 0.0562. The van der Waals surface area contributed by atoms with Gasteiger partial charge in [0.1, 0.15) is 17.3 Å². The summed E-state index contributed by atoms with van der Waals surface area (Å²) in [4.78, 5) is 94.1. The van der Waals surface area contributed by atoms with Crippen LogP contribution >= 0.6 is 0 Å². The summed E-state index contributed by atoms with van der Waals surface area (Å²) in [5, 5.41) is 0. The van der Waals surface area contributed by atoms with Crippen molar-refractivity contribution in [1.29, 1.82) is 0 Å². The SMILES string of the molecule is CC(C)(C)c1ccc(-c2nc(-c3ccc(C(C)(C)C)cc3)nc(-c3ccc(-c4ccc(F)cc4)nc3)n2)cc1.CCCCCCc1cnc(-c2nc(-c3ccc(-c4ccccc4)nc3)nc(-c3cnc(CCCCCC)nc3)n2)cn1.CCCCCCc1cnc(-c2nc(-c3ccc(-c4ccccc4)nc3)nc(-c3ncc(CCCCCC)cn3)n2)nc1. The number of benzene rings is 5. The van der Waals surface area contributed by atoms with E-state index in [0.29, 0.717) is 69.8 Å². The zero-order valence-electron chi connectivity index (χ0n) is 72.5. The van der Waals surface area contributed by atoms with Crippen molar-refractivity contribution in [2.45, 2.75) is 208 Å². The number of aromatic nitrogens is 20. The van der Waals surface area contributed by atoms with Crippen LogP contribution < -0.4 is 0 Å². The highest BCUT2D eigenvalue weighted by Gasteiger charge is 2.22. The summed E-state index contributed by atoms with van der Waals surface area (Å²) >= 11 is 0. The molecule has 0 spiro atoms. The minimum Gasteiger partial charge on any atom is -0.257 e. The molecule has 0 radical (unpaired) electrons.